The third kappa shape index (κ3) is 2.72. The highest BCUT2D eigenvalue weighted by molar-refractivity contribution is 7.12. The molecule has 4 nitrogen and oxygen atoms in total. The minimum Gasteiger partial charge on any atom is -0.348 e. The van der Waals surface area contributed by atoms with E-state index in [4.69, 9.17) is 0 Å². The Morgan fingerprint density at radius 2 is 1.92 bits per heavy atom. The van der Waals surface area contributed by atoms with Gasteiger partial charge in [-0.15, -0.1) is 11.3 Å². The van der Waals surface area contributed by atoms with Gasteiger partial charge in [0.2, 0.25) is 0 Å². The van der Waals surface area contributed by atoms with E-state index in [0.717, 1.165) is 22.3 Å². The Morgan fingerprint density at radius 1 is 1.12 bits per heavy atom. The van der Waals surface area contributed by atoms with Crippen molar-refractivity contribution in [3.05, 3.63) is 75.5 Å². The van der Waals surface area contributed by atoms with Gasteiger partial charge >= 0.3 is 0 Å². The zero-order chi connectivity index (χ0) is 17.4. The first-order valence-electron chi connectivity index (χ1n) is 8.00. The van der Waals surface area contributed by atoms with Crippen molar-refractivity contribution in [2.75, 3.05) is 5.32 Å². The first-order chi connectivity index (χ1) is 12.1. The molecule has 0 fully saturated rings. The molecule has 25 heavy (non-hydrogen) atoms. The summed E-state index contributed by atoms with van der Waals surface area (Å²) in [5, 5.41) is 7.66. The van der Waals surface area contributed by atoms with Gasteiger partial charge in [-0.05, 0) is 46.7 Å². The third-order valence-electron chi connectivity index (χ3n) is 4.37. The second-order valence-corrected chi connectivity index (χ2v) is 6.87. The topological polar surface area (TPSA) is 58.2 Å². The normalized spacial score (nSPS) is 12.6. The van der Waals surface area contributed by atoms with Gasteiger partial charge in [0, 0.05) is 6.54 Å². The molecule has 2 aromatic carbocycles. The Hall–Kier alpha value is -2.92. The minimum atomic E-state index is -0.179. The number of carbonyl (C=O) groups excluding carboxylic acids is 2. The van der Waals surface area contributed by atoms with Crippen LogP contribution in [-0.4, -0.2) is 11.8 Å². The Balaban J connectivity index is 1.76. The van der Waals surface area contributed by atoms with Crippen LogP contribution in [0.2, 0.25) is 0 Å². The molecule has 4 rings (SSSR count). The van der Waals surface area contributed by atoms with Crippen molar-refractivity contribution < 1.29 is 9.59 Å². The van der Waals surface area contributed by atoms with E-state index in [0.29, 0.717) is 22.7 Å². The summed E-state index contributed by atoms with van der Waals surface area (Å²) in [6.07, 6.45) is 0. The summed E-state index contributed by atoms with van der Waals surface area (Å²) in [5.41, 5.74) is 5.05. The highest BCUT2D eigenvalue weighted by atomic mass is 32.1. The number of benzene rings is 2. The third-order valence-corrected chi connectivity index (χ3v) is 5.38. The van der Waals surface area contributed by atoms with Crippen molar-refractivity contribution >= 4 is 28.8 Å². The standard InChI is InChI=1S/C20H16N2O2S/c1-12-9-10-25-18(12)20(24)22-16-8-7-14(13-5-3-2-4-6-13)15-11-21-19(23)17(15)16/h2-10H,11H2,1H3,(H,21,23)(H,22,24). The van der Waals surface area contributed by atoms with E-state index in [1.54, 1.807) is 0 Å². The van der Waals surface area contributed by atoms with E-state index < -0.39 is 0 Å². The SMILES string of the molecule is Cc1ccsc1C(=O)Nc1ccc(-c2ccccc2)c2c1C(=O)NC2. The van der Waals surface area contributed by atoms with Crippen LogP contribution in [0.15, 0.2) is 53.9 Å². The number of fused-ring (bicyclic) bond motifs is 1. The van der Waals surface area contributed by atoms with Gasteiger partial charge in [-0.1, -0.05) is 36.4 Å². The molecule has 0 spiro atoms. The van der Waals surface area contributed by atoms with E-state index in [-0.39, 0.29) is 11.8 Å². The zero-order valence-corrected chi connectivity index (χ0v) is 14.4. The fraction of sp³-hybridized carbons (Fsp3) is 0.100. The highest BCUT2D eigenvalue weighted by Crippen LogP contribution is 2.34. The second-order valence-electron chi connectivity index (χ2n) is 5.95. The number of nitrogens with one attached hydrogen (secondary N) is 2. The molecule has 0 radical (unpaired) electrons. The molecule has 0 saturated heterocycles. The monoisotopic (exact) mass is 348 g/mol. The Kier molecular flexibility index (Phi) is 3.86. The summed E-state index contributed by atoms with van der Waals surface area (Å²) < 4.78 is 0. The number of rotatable bonds is 3. The molecule has 3 aromatic rings. The molecule has 1 aromatic heterocycles. The van der Waals surface area contributed by atoms with Gasteiger partial charge < -0.3 is 10.6 Å². The summed E-state index contributed by atoms with van der Waals surface area (Å²) in [7, 11) is 0. The molecule has 0 saturated carbocycles. The lowest BCUT2D eigenvalue weighted by atomic mass is 9.95. The van der Waals surface area contributed by atoms with Gasteiger partial charge in [0.05, 0.1) is 16.1 Å². The van der Waals surface area contributed by atoms with E-state index in [2.05, 4.69) is 10.6 Å². The highest BCUT2D eigenvalue weighted by Gasteiger charge is 2.27. The van der Waals surface area contributed by atoms with Crippen LogP contribution in [0.5, 0.6) is 0 Å². The van der Waals surface area contributed by atoms with Crippen LogP contribution in [0.1, 0.15) is 31.2 Å². The molecule has 2 amide bonds. The van der Waals surface area contributed by atoms with Crippen molar-refractivity contribution in [1.82, 2.24) is 5.32 Å². The first kappa shape index (κ1) is 15.6. The summed E-state index contributed by atoms with van der Waals surface area (Å²) in [5.74, 6) is -0.326. The van der Waals surface area contributed by atoms with Gasteiger partial charge in [-0.3, -0.25) is 9.59 Å². The maximum atomic E-state index is 12.5. The first-order valence-corrected chi connectivity index (χ1v) is 8.88. The molecule has 1 aliphatic heterocycles. The van der Waals surface area contributed by atoms with Crippen LogP contribution in [0.25, 0.3) is 11.1 Å². The van der Waals surface area contributed by atoms with E-state index >= 15 is 0 Å². The lowest BCUT2D eigenvalue weighted by Crippen LogP contribution is -2.17. The van der Waals surface area contributed by atoms with Crippen molar-refractivity contribution in [3.8, 4) is 11.1 Å². The van der Waals surface area contributed by atoms with E-state index in [9.17, 15) is 9.59 Å². The lowest BCUT2D eigenvalue weighted by Gasteiger charge is -2.12. The van der Waals surface area contributed by atoms with Crippen LogP contribution in [0.3, 0.4) is 0 Å². The number of aryl methyl sites for hydroxylation is 1. The maximum Gasteiger partial charge on any atom is 0.266 e. The number of thiophene rings is 1. The van der Waals surface area contributed by atoms with Crippen LogP contribution in [-0.2, 0) is 6.54 Å². The van der Waals surface area contributed by atoms with Crippen molar-refractivity contribution in [2.45, 2.75) is 13.5 Å². The van der Waals surface area contributed by atoms with Crippen molar-refractivity contribution in [1.29, 1.82) is 0 Å². The van der Waals surface area contributed by atoms with Gasteiger partial charge in [0.15, 0.2) is 0 Å². The molecule has 0 unspecified atom stereocenters. The molecule has 1 aliphatic rings. The van der Waals surface area contributed by atoms with Crippen LogP contribution in [0, 0.1) is 6.92 Å². The summed E-state index contributed by atoms with van der Waals surface area (Å²) in [4.78, 5) is 25.5. The summed E-state index contributed by atoms with van der Waals surface area (Å²) >= 11 is 1.40. The fourth-order valence-electron chi connectivity index (χ4n) is 3.12. The quantitative estimate of drug-likeness (QED) is 0.744. The van der Waals surface area contributed by atoms with Gasteiger partial charge in [-0.25, -0.2) is 0 Å². The van der Waals surface area contributed by atoms with Crippen molar-refractivity contribution in [3.63, 3.8) is 0 Å². The molecule has 2 heterocycles. The Labute approximate surface area is 149 Å². The second kappa shape index (κ2) is 6.18. The summed E-state index contributed by atoms with van der Waals surface area (Å²) in [6, 6.07) is 15.6. The van der Waals surface area contributed by atoms with Crippen LogP contribution >= 0.6 is 11.3 Å². The van der Waals surface area contributed by atoms with Gasteiger partial charge in [0.25, 0.3) is 11.8 Å². The Morgan fingerprint density at radius 3 is 2.64 bits per heavy atom. The molecule has 0 aliphatic carbocycles. The molecule has 2 N–H and O–H groups in total. The van der Waals surface area contributed by atoms with Gasteiger partial charge in [0.1, 0.15) is 0 Å². The number of hydrogen-bond donors (Lipinski definition) is 2. The van der Waals surface area contributed by atoms with Crippen LogP contribution < -0.4 is 10.6 Å². The van der Waals surface area contributed by atoms with E-state index in [1.807, 2.05) is 60.8 Å². The average molecular weight is 348 g/mol. The number of hydrogen-bond acceptors (Lipinski definition) is 3. The Bertz CT molecular complexity index is 977. The number of anilines is 1. The predicted molar refractivity (Wildman–Crippen MR) is 100 cm³/mol. The largest absolute Gasteiger partial charge is 0.348 e. The number of carbonyl (C=O) groups is 2. The van der Waals surface area contributed by atoms with E-state index in [1.165, 1.54) is 11.3 Å². The fourth-order valence-corrected chi connectivity index (χ4v) is 3.94. The molecule has 0 bridgehead atoms. The predicted octanol–water partition coefficient (Wildman–Crippen LogP) is 4.22. The summed E-state index contributed by atoms with van der Waals surface area (Å²) in [6.45, 7) is 2.38. The minimum absolute atomic E-state index is 0.147. The molecular formula is C20H16N2O2S. The number of amides is 2. The van der Waals surface area contributed by atoms with Gasteiger partial charge in [-0.2, -0.15) is 0 Å². The zero-order valence-electron chi connectivity index (χ0n) is 13.6. The average Bonchev–Trinajstić information content (AvgIpc) is 3.22. The molecular weight excluding hydrogens is 332 g/mol. The maximum absolute atomic E-state index is 12.5. The smallest absolute Gasteiger partial charge is 0.266 e. The van der Waals surface area contributed by atoms with Crippen molar-refractivity contribution in [2.24, 2.45) is 0 Å². The lowest BCUT2D eigenvalue weighted by molar-refractivity contribution is 0.0966. The molecule has 5 heteroatoms. The van der Waals surface area contributed by atoms with Crippen LogP contribution in [0.4, 0.5) is 5.69 Å². The molecule has 0 atom stereocenters. The molecule has 124 valence electrons.